The molecule has 0 aliphatic heterocycles. The molecule has 0 aliphatic carbocycles. The van der Waals surface area contributed by atoms with Gasteiger partial charge >= 0.3 is 0 Å². The van der Waals surface area contributed by atoms with Crippen molar-refractivity contribution in [2.75, 3.05) is 0 Å². The first-order valence-corrected chi connectivity index (χ1v) is 4.36. The number of nitrogens with zero attached hydrogens (tertiary/aromatic N) is 1. The molecule has 1 nitrogen and oxygen atoms in total. The Hall–Kier alpha value is -0.890. The van der Waals surface area contributed by atoms with Crippen LogP contribution in [0.25, 0.3) is 5.57 Å². The summed E-state index contributed by atoms with van der Waals surface area (Å²) in [5.41, 5.74) is 2.92. The Kier molecular flexibility index (Phi) is 2.82. The maximum atomic E-state index is 3.90. The Morgan fingerprint density at radius 2 is 2.17 bits per heavy atom. The highest BCUT2D eigenvalue weighted by molar-refractivity contribution is 9.10. The molecule has 0 radical (unpaired) electrons. The molecule has 2 heteroatoms. The van der Waals surface area contributed by atoms with Gasteiger partial charge in [0.25, 0.3) is 0 Å². The van der Waals surface area contributed by atoms with E-state index in [0.717, 1.165) is 21.3 Å². The molecule has 0 saturated heterocycles. The fraction of sp³-hybridized carbons (Fsp3) is 0.100. The smallest absolute Gasteiger partial charge is 0.0697 e. The summed E-state index contributed by atoms with van der Waals surface area (Å²) < 4.78 is 1.04. The fourth-order valence-electron chi connectivity index (χ4n) is 0.988. The standard InChI is InChI=1S/C10H10BrN/c1-7(2)9-6-8(11)4-5-10(9)12-3/h4-6H,1,3H2,2H3. The average Bonchev–Trinajstić information content (AvgIpc) is 2.04. The molecule has 12 heavy (non-hydrogen) atoms. The summed E-state index contributed by atoms with van der Waals surface area (Å²) in [4.78, 5) is 3.90. The summed E-state index contributed by atoms with van der Waals surface area (Å²) in [6.45, 7) is 9.32. The van der Waals surface area contributed by atoms with Crippen LogP contribution in [0.2, 0.25) is 0 Å². The van der Waals surface area contributed by atoms with Crippen molar-refractivity contribution in [1.82, 2.24) is 0 Å². The van der Waals surface area contributed by atoms with Crippen molar-refractivity contribution in [1.29, 1.82) is 0 Å². The van der Waals surface area contributed by atoms with Gasteiger partial charge in [0.15, 0.2) is 0 Å². The van der Waals surface area contributed by atoms with Crippen LogP contribution in [0.3, 0.4) is 0 Å². The van der Waals surface area contributed by atoms with Crippen LogP contribution < -0.4 is 0 Å². The third-order valence-electron chi connectivity index (χ3n) is 1.59. The summed E-state index contributed by atoms with van der Waals surface area (Å²) in [6.07, 6.45) is 0. The molecule has 0 unspecified atom stereocenters. The van der Waals surface area contributed by atoms with Gasteiger partial charge in [0, 0.05) is 10.0 Å². The van der Waals surface area contributed by atoms with E-state index in [4.69, 9.17) is 0 Å². The third kappa shape index (κ3) is 1.83. The number of rotatable bonds is 2. The van der Waals surface area contributed by atoms with E-state index < -0.39 is 0 Å². The molecule has 1 aromatic rings. The van der Waals surface area contributed by atoms with Crippen molar-refractivity contribution in [2.24, 2.45) is 4.99 Å². The zero-order valence-corrected chi connectivity index (χ0v) is 8.56. The highest BCUT2D eigenvalue weighted by Crippen LogP contribution is 2.27. The lowest BCUT2D eigenvalue weighted by Gasteiger charge is -2.04. The number of allylic oxidation sites excluding steroid dienone is 1. The Morgan fingerprint density at radius 3 is 2.67 bits per heavy atom. The van der Waals surface area contributed by atoms with Gasteiger partial charge in [-0.3, -0.25) is 4.99 Å². The third-order valence-corrected chi connectivity index (χ3v) is 2.08. The second kappa shape index (κ2) is 3.68. The van der Waals surface area contributed by atoms with E-state index in [1.54, 1.807) is 0 Å². The summed E-state index contributed by atoms with van der Waals surface area (Å²) in [5.74, 6) is 0. The SMILES string of the molecule is C=Nc1ccc(Br)cc1C(=C)C. The van der Waals surface area contributed by atoms with Crippen molar-refractivity contribution in [3.05, 3.63) is 34.8 Å². The molecule has 0 amide bonds. The molecule has 0 aliphatic rings. The Labute approximate surface area is 81.0 Å². The van der Waals surface area contributed by atoms with E-state index in [1.807, 2.05) is 25.1 Å². The van der Waals surface area contributed by atoms with Gasteiger partial charge in [0.05, 0.1) is 5.69 Å². The number of hydrogen-bond donors (Lipinski definition) is 0. The summed E-state index contributed by atoms with van der Waals surface area (Å²) >= 11 is 3.39. The molecule has 0 spiro atoms. The van der Waals surface area contributed by atoms with Gasteiger partial charge in [-0.2, -0.15) is 0 Å². The van der Waals surface area contributed by atoms with E-state index >= 15 is 0 Å². The zero-order valence-electron chi connectivity index (χ0n) is 6.97. The van der Waals surface area contributed by atoms with Gasteiger partial charge in [-0.15, -0.1) is 0 Å². The predicted molar refractivity (Wildman–Crippen MR) is 58.1 cm³/mol. The number of hydrogen-bond acceptors (Lipinski definition) is 1. The molecular weight excluding hydrogens is 214 g/mol. The zero-order chi connectivity index (χ0) is 9.14. The van der Waals surface area contributed by atoms with Gasteiger partial charge in [-0.1, -0.05) is 22.5 Å². The number of benzene rings is 1. The van der Waals surface area contributed by atoms with Gasteiger partial charge < -0.3 is 0 Å². The minimum Gasteiger partial charge on any atom is -0.264 e. The molecule has 0 N–H and O–H groups in total. The highest BCUT2D eigenvalue weighted by atomic mass is 79.9. The predicted octanol–water partition coefficient (Wildman–Crippen LogP) is 3.81. The topological polar surface area (TPSA) is 12.4 Å². The van der Waals surface area contributed by atoms with Crippen molar-refractivity contribution in [3.8, 4) is 0 Å². The molecule has 0 aromatic heterocycles. The average molecular weight is 224 g/mol. The minimum absolute atomic E-state index is 0.880. The van der Waals surface area contributed by atoms with Gasteiger partial charge in [-0.25, -0.2) is 0 Å². The van der Waals surface area contributed by atoms with Crippen LogP contribution in [-0.4, -0.2) is 6.72 Å². The van der Waals surface area contributed by atoms with Gasteiger partial charge in [-0.05, 0) is 37.4 Å². The first-order valence-electron chi connectivity index (χ1n) is 3.57. The first-order chi connectivity index (χ1) is 5.65. The second-order valence-corrected chi connectivity index (χ2v) is 3.52. The van der Waals surface area contributed by atoms with Crippen molar-refractivity contribution >= 4 is 33.9 Å². The number of halogens is 1. The molecule has 0 bridgehead atoms. The highest BCUT2D eigenvalue weighted by Gasteiger charge is 2.00. The molecule has 0 heterocycles. The van der Waals surface area contributed by atoms with Crippen LogP contribution >= 0.6 is 15.9 Å². The molecule has 62 valence electrons. The quantitative estimate of drug-likeness (QED) is 0.677. The van der Waals surface area contributed by atoms with Crippen molar-refractivity contribution < 1.29 is 0 Å². The van der Waals surface area contributed by atoms with Crippen molar-refractivity contribution in [2.45, 2.75) is 6.92 Å². The Bertz CT molecular complexity index is 329. The molecule has 0 saturated carbocycles. The van der Waals surface area contributed by atoms with E-state index in [0.29, 0.717) is 0 Å². The largest absolute Gasteiger partial charge is 0.264 e. The van der Waals surface area contributed by atoms with Crippen LogP contribution in [0.4, 0.5) is 5.69 Å². The molecule has 1 rings (SSSR count). The lowest BCUT2D eigenvalue weighted by Crippen LogP contribution is -1.79. The molecule has 0 fully saturated rings. The van der Waals surface area contributed by atoms with Gasteiger partial charge in [0.1, 0.15) is 0 Å². The van der Waals surface area contributed by atoms with Crippen LogP contribution in [0.5, 0.6) is 0 Å². The van der Waals surface area contributed by atoms with Crippen molar-refractivity contribution in [3.63, 3.8) is 0 Å². The Morgan fingerprint density at radius 1 is 1.50 bits per heavy atom. The lowest BCUT2D eigenvalue weighted by atomic mass is 10.1. The lowest BCUT2D eigenvalue weighted by molar-refractivity contribution is 1.47. The maximum absolute atomic E-state index is 3.90. The monoisotopic (exact) mass is 223 g/mol. The number of aliphatic imine (C=N–C) groups is 1. The summed E-state index contributed by atoms with van der Waals surface area (Å²) in [7, 11) is 0. The normalized spacial score (nSPS) is 9.50. The van der Waals surface area contributed by atoms with E-state index in [-0.39, 0.29) is 0 Å². The van der Waals surface area contributed by atoms with Crippen LogP contribution in [0.1, 0.15) is 12.5 Å². The maximum Gasteiger partial charge on any atom is 0.0697 e. The fourth-order valence-corrected chi connectivity index (χ4v) is 1.35. The summed E-state index contributed by atoms with van der Waals surface area (Å²) in [5, 5.41) is 0. The first kappa shape index (κ1) is 9.20. The van der Waals surface area contributed by atoms with Gasteiger partial charge in [0.2, 0.25) is 0 Å². The molecule has 1 aromatic carbocycles. The Balaban J connectivity index is 3.30. The molecule has 0 atom stereocenters. The van der Waals surface area contributed by atoms with E-state index in [2.05, 4.69) is 34.2 Å². The molecular formula is C10H10BrN. The van der Waals surface area contributed by atoms with E-state index in [1.165, 1.54) is 0 Å². The van der Waals surface area contributed by atoms with E-state index in [9.17, 15) is 0 Å². The minimum atomic E-state index is 0.880. The van der Waals surface area contributed by atoms with Crippen LogP contribution in [0, 0.1) is 0 Å². The summed E-state index contributed by atoms with van der Waals surface area (Å²) in [6, 6.07) is 5.85. The second-order valence-electron chi connectivity index (χ2n) is 2.60. The van der Waals surface area contributed by atoms with Crippen LogP contribution in [-0.2, 0) is 0 Å². The van der Waals surface area contributed by atoms with Crippen LogP contribution in [0.15, 0.2) is 34.2 Å².